The monoisotopic (exact) mass is 209 g/mol. The van der Waals surface area contributed by atoms with E-state index in [1.54, 1.807) is 0 Å². The van der Waals surface area contributed by atoms with Crippen molar-refractivity contribution in [2.75, 3.05) is 0 Å². The van der Waals surface area contributed by atoms with Gasteiger partial charge in [0.25, 0.3) is 0 Å². The van der Waals surface area contributed by atoms with E-state index in [4.69, 9.17) is 0 Å². The van der Waals surface area contributed by atoms with Gasteiger partial charge in [0.2, 0.25) is 0 Å². The zero-order chi connectivity index (χ0) is 10.9. The Morgan fingerprint density at radius 1 is 0.857 bits per heavy atom. The summed E-state index contributed by atoms with van der Waals surface area (Å²) in [6, 6.07) is 0. The van der Waals surface area contributed by atoms with E-state index in [-0.39, 0.29) is 6.42 Å². The van der Waals surface area contributed by atoms with E-state index in [1.165, 1.54) is 25.7 Å². The minimum absolute atomic E-state index is 0.178. The molecule has 0 nitrogen and oxygen atoms in total. The Kier molecular flexibility index (Phi) is 8.01. The Hall–Kier alpha value is -0.210. The van der Waals surface area contributed by atoms with Gasteiger partial charge in [-0.1, -0.05) is 51.9 Å². The van der Waals surface area contributed by atoms with Crippen molar-refractivity contribution in [3.05, 3.63) is 6.42 Å². The van der Waals surface area contributed by atoms with Gasteiger partial charge >= 0.3 is 6.18 Å². The molecular weight excluding hydrogens is 189 g/mol. The second-order valence-electron chi connectivity index (χ2n) is 3.66. The molecule has 0 saturated heterocycles. The Morgan fingerprint density at radius 2 is 1.36 bits per heavy atom. The van der Waals surface area contributed by atoms with Gasteiger partial charge in [-0.3, -0.25) is 0 Å². The topological polar surface area (TPSA) is 0 Å². The van der Waals surface area contributed by atoms with E-state index >= 15 is 0 Å². The number of alkyl halides is 3. The van der Waals surface area contributed by atoms with Crippen LogP contribution in [0.1, 0.15) is 58.3 Å². The fraction of sp³-hybridized carbons (Fsp3) is 0.909. The second kappa shape index (κ2) is 8.13. The average Bonchev–Trinajstić information content (AvgIpc) is 2.08. The molecule has 0 saturated carbocycles. The largest absolute Gasteiger partial charge is 0.392 e. The number of hydrogen-bond donors (Lipinski definition) is 0. The van der Waals surface area contributed by atoms with Crippen LogP contribution in [0.5, 0.6) is 0 Å². The first-order chi connectivity index (χ1) is 6.56. The molecule has 0 heterocycles. The van der Waals surface area contributed by atoms with Crippen molar-refractivity contribution in [2.45, 2.75) is 64.5 Å². The molecule has 0 aromatic rings. The maximum atomic E-state index is 11.7. The third-order valence-electron chi connectivity index (χ3n) is 2.18. The molecular formula is C11H20F3. The van der Waals surface area contributed by atoms with Crippen LogP contribution >= 0.6 is 0 Å². The first-order valence-electron chi connectivity index (χ1n) is 5.47. The van der Waals surface area contributed by atoms with Crippen LogP contribution in [0.4, 0.5) is 13.2 Å². The minimum atomic E-state index is -4.08. The summed E-state index contributed by atoms with van der Waals surface area (Å²) in [5, 5.41) is 0. The van der Waals surface area contributed by atoms with Crippen molar-refractivity contribution in [1.82, 2.24) is 0 Å². The predicted molar refractivity (Wildman–Crippen MR) is 53.0 cm³/mol. The first kappa shape index (κ1) is 13.8. The Bertz CT molecular complexity index is 118. The van der Waals surface area contributed by atoms with Gasteiger partial charge in [0, 0.05) is 0 Å². The van der Waals surface area contributed by atoms with Crippen LogP contribution in [0, 0.1) is 6.42 Å². The lowest BCUT2D eigenvalue weighted by molar-refractivity contribution is -0.0984. The third kappa shape index (κ3) is 11.8. The lowest BCUT2D eigenvalue weighted by Crippen LogP contribution is -2.07. The predicted octanol–water partition coefficient (Wildman–Crippen LogP) is 4.89. The summed E-state index contributed by atoms with van der Waals surface area (Å²) in [4.78, 5) is 0. The van der Waals surface area contributed by atoms with Crippen LogP contribution in [0.15, 0.2) is 0 Å². The second-order valence-corrected chi connectivity index (χ2v) is 3.66. The van der Waals surface area contributed by atoms with Gasteiger partial charge in [-0.15, -0.1) is 0 Å². The highest BCUT2D eigenvalue weighted by atomic mass is 19.4. The molecule has 0 unspecified atom stereocenters. The molecule has 3 heteroatoms. The van der Waals surface area contributed by atoms with Gasteiger partial charge in [0.1, 0.15) is 0 Å². The molecule has 0 aromatic heterocycles. The van der Waals surface area contributed by atoms with Gasteiger partial charge in [0.05, 0.1) is 6.42 Å². The molecule has 0 aromatic carbocycles. The SMILES string of the molecule is CCCCCCCCC[CH]C(F)(F)F. The zero-order valence-electron chi connectivity index (χ0n) is 8.87. The standard InChI is InChI=1S/C11H20F3/c1-2-3-4-5-6-7-8-9-10-11(12,13)14/h10H,2-9H2,1H3. The van der Waals surface area contributed by atoms with E-state index in [0.717, 1.165) is 12.8 Å². The molecule has 0 aliphatic carbocycles. The Labute approximate surface area is 84.9 Å². The summed E-state index contributed by atoms with van der Waals surface area (Å²) < 4.78 is 35.0. The molecule has 1 radical (unpaired) electrons. The van der Waals surface area contributed by atoms with Crippen LogP contribution in [0.2, 0.25) is 0 Å². The molecule has 0 bridgehead atoms. The highest BCUT2D eigenvalue weighted by Gasteiger charge is 2.26. The van der Waals surface area contributed by atoms with Gasteiger partial charge in [-0.2, -0.15) is 13.2 Å². The Balaban J connectivity index is 2.99. The average molecular weight is 209 g/mol. The molecule has 0 rings (SSSR count). The van der Waals surface area contributed by atoms with E-state index in [0.29, 0.717) is 12.8 Å². The minimum Gasteiger partial charge on any atom is -0.171 e. The van der Waals surface area contributed by atoms with Crippen LogP contribution in [0.3, 0.4) is 0 Å². The number of rotatable bonds is 8. The molecule has 0 aliphatic heterocycles. The van der Waals surface area contributed by atoms with Crippen LogP contribution in [-0.4, -0.2) is 6.18 Å². The summed E-state index contributed by atoms with van der Waals surface area (Å²) >= 11 is 0. The maximum Gasteiger partial charge on any atom is 0.392 e. The third-order valence-corrected chi connectivity index (χ3v) is 2.18. The summed E-state index contributed by atoms with van der Waals surface area (Å²) in [7, 11) is 0. The maximum absolute atomic E-state index is 11.7. The highest BCUT2D eigenvalue weighted by Crippen LogP contribution is 2.22. The summed E-state index contributed by atoms with van der Waals surface area (Å²) in [5.74, 6) is 0. The molecule has 0 aliphatic rings. The van der Waals surface area contributed by atoms with Crippen molar-refractivity contribution >= 4 is 0 Å². The first-order valence-corrected chi connectivity index (χ1v) is 5.47. The van der Waals surface area contributed by atoms with Gasteiger partial charge in [-0.05, 0) is 6.42 Å². The molecule has 14 heavy (non-hydrogen) atoms. The van der Waals surface area contributed by atoms with E-state index in [2.05, 4.69) is 6.92 Å². The Morgan fingerprint density at radius 3 is 1.86 bits per heavy atom. The lowest BCUT2D eigenvalue weighted by atomic mass is 10.1. The zero-order valence-corrected chi connectivity index (χ0v) is 8.87. The van der Waals surface area contributed by atoms with E-state index < -0.39 is 6.18 Å². The quantitative estimate of drug-likeness (QED) is 0.499. The van der Waals surface area contributed by atoms with Gasteiger partial charge in [0.15, 0.2) is 0 Å². The molecule has 0 spiro atoms. The molecule has 0 N–H and O–H groups in total. The van der Waals surface area contributed by atoms with Gasteiger partial charge in [-0.25, -0.2) is 0 Å². The number of hydrogen-bond acceptors (Lipinski definition) is 0. The fourth-order valence-corrected chi connectivity index (χ4v) is 1.37. The van der Waals surface area contributed by atoms with E-state index in [1.807, 2.05) is 0 Å². The summed E-state index contributed by atoms with van der Waals surface area (Å²) in [6.07, 6.45) is 4.07. The van der Waals surface area contributed by atoms with Crippen molar-refractivity contribution < 1.29 is 13.2 Å². The lowest BCUT2D eigenvalue weighted by Gasteiger charge is -2.04. The van der Waals surface area contributed by atoms with E-state index in [9.17, 15) is 13.2 Å². The molecule has 0 amide bonds. The van der Waals surface area contributed by atoms with Gasteiger partial charge < -0.3 is 0 Å². The van der Waals surface area contributed by atoms with Crippen molar-refractivity contribution in [3.8, 4) is 0 Å². The van der Waals surface area contributed by atoms with Crippen molar-refractivity contribution in [2.24, 2.45) is 0 Å². The summed E-state index contributed by atoms with van der Waals surface area (Å²) in [5.41, 5.74) is 0. The van der Waals surface area contributed by atoms with Crippen molar-refractivity contribution in [1.29, 1.82) is 0 Å². The highest BCUT2D eigenvalue weighted by molar-refractivity contribution is 4.73. The van der Waals surface area contributed by atoms with Crippen molar-refractivity contribution in [3.63, 3.8) is 0 Å². The van der Waals surface area contributed by atoms with Crippen LogP contribution in [-0.2, 0) is 0 Å². The number of halogens is 3. The normalized spacial score (nSPS) is 12.0. The molecule has 0 fully saturated rings. The smallest absolute Gasteiger partial charge is 0.171 e. The molecule has 85 valence electrons. The van der Waals surface area contributed by atoms with Crippen LogP contribution in [0.25, 0.3) is 0 Å². The molecule has 0 atom stereocenters. The number of unbranched alkanes of at least 4 members (excludes halogenated alkanes) is 7. The summed E-state index contributed by atoms with van der Waals surface area (Å²) in [6.45, 7) is 2.15. The fourth-order valence-electron chi connectivity index (χ4n) is 1.37. The van der Waals surface area contributed by atoms with Crippen LogP contribution < -0.4 is 0 Å².